The van der Waals surface area contributed by atoms with Gasteiger partial charge in [0.25, 0.3) is 5.91 Å². The van der Waals surface area contributed by atoms with E-state index in [4.69, 9.17) is 9.47 Å². The summed E-state index contributed by atoms with van der Waals surface area (Å²) in [5, 5.41) is 3.87. The smallest absolute Gasteiger partial charge is 0.341 e. The highest BCUT2D eigenvalue weighted by atomic mass is 32.2. The third-order valence-corrected chi connectivity index (χ3v) is 6.47. The SMILES string of the molecule is COc1ccc(S(=O)(=O)N2CCN(C(=O)COC(=O)c3cnn(C)c3)CC2)cc1. The third-order valence-electron chi connectivity index (χ3n) is 4.56. The van der Waals surface area contributed by atoms with Gasteiger partial charge in [0.2, 0.25) is 10.0 Å². The molecule has 0 spiro atoms. The quantitative estimate of drug-likeness (QED) is 0.608. The number of hydrogen-bond acceptors (Lipinski definition) is 7. The molecule has 0 radical (unpaired) electrons. The van der Waals surface area contributed by atoms with E-state index in [1.165, 1.54) is 45.5 Å². The van der Waals surface area contributed by atoms with E-state index in [-0.39, 0.29) is 42.5 Å². The molecule has 10 nitrogen and oxygen atoms in total. The minimum atomic E-state index is -3.65. The number of amides is 1. The van der Waals surface area contributed by atoms with Crippen molar-refractivity contribution in [3.63, 3.8) is 0 Å². The zero-order chi connectivity index (χ0) is 21.0. The fraction of sp³-hybridized carbons (Fsp3) is 0.389. The molecular formula is C18H22N4O6S. The van der Waals surface area contributed by atoms with Crippen LogP contribution in [0.25, 0.3) is 0 Å². The van der Waals surface area contributed by atoms with Crippen LogP contribution in [0.5, 0.6) is 5.75 Å². The number of aryl methyl sites for hydroxylation is 1. The summed E-state index contributed by atoms with van der Waals surface area (Å²) < 4.78 is 38.3. The van der Waals surface area contributed by atoms with Gasteiger partial charge in [-0.2, -0.15) is 9.40 Å². The molecule has 1 aliphatic rings. The van der Waals surface area contributed by atoms with E-state index in [9.17, 15) is 18.0 Å². The van der Waals surface area contributed by atoms with Gasteiger partial charge in [-0.1, -0.05) is 0 Å². The minimum absolute atomic E-state index is 0.163. The molecule has 0 N–H and O–H groups in total. The van der Waals surface area contributed by atoms with Crippen LogP contribution < -0.4 is 4.74 Å². The predicted octanol–water partition coefficient (Wildman–Crippen LogP) is 0.119. The number of nitrogens with zero attached hydrogens (tertiary/aromatic N) is 4. The Morgan fingerprint density at radius 3 is 2.31 bits per heavy atom. The van der Waals surface area contributed by atoms with Crippen molar-refractivity contribution < 1.29 is 27.5 Å². The fourth-order valence-corrected chi connectivity index (χ4v) is 4.33. The lowest BCUT2D eigenvalue weighted by Crippen LogP contribution is -2.51. The van der Waals surface area contributed by atoms with Gasteiger partial charge >= 0.3 is 5.97 Å². The monoisotopic (exact) mass is 422 g/mol. The third kappa shape index (κ3) is 4.74. The zero-order valence-corrected chi connectivity index (χ0v) is 17.0. The van der Waals surface area contributed by atoms with Crippen LogP contribution in [0.2, 0.25) is 0 Å². The molecule has 0 bridgehead atoms. The highest BCUT2D eigenvalue weighted by molar-refractivity contribution is 7.89. The first-order chi connectivity index (χ1) is 13.8. The van der Waals surface area contributed by atoms with Gasteiger partial charge in [0.1, 0.15) is 5.75 Å². The first-order valence-corrected chi connectivity index (χ1v) is 10.3. The summed E-state index contributed by atoms with van der Waals surface area (Å²) >= 11 is 0. The molecule has 2 aromatic rings. The van der Waals surface area contributed by atoms with E-state index in [0.29, 0.717) is 5.75 Å². The molecule has 1 aromatic heterocycles. The number of carbonyl (C=O) groups is 2. The Kier molecular flexibility index (Phi) is 6.18. The summed E-state index contributed by atoms with van der Waals surface area (Å²) in [5.74, 6) is -0.434. The highest BCUT2D eigenvalue weighted by Gasteiger charge is 2.30. The van der Waals surface area contributed by atoms with Crippen LogP contribution in [0.1, 0.15) is 10.4 Å². The predicted molar refractivity (Wildman–Crippen MR) is 102 cm³/mol. The number of methoxy groups -OCH3 is 1. The normalized spacial score (nSPS) is 15.2. The van der Waals surface area contributed by atoms with Crippen LogP contribution in [0.3, 0.4) is 0 Å². The van der Waals surface area contributed by atoms with Crippen LogP contribution in [0.4, 0.5) is 0 Å². The van der Waals surface area contributed by atoms with Crippen molar-refractivity contribution in [2.45, 2.75) is 4.90 Å². The van der Waals surface area contributed by atoms with Gasteiger partial charge in [-0.25, -0.2) is 13.2 Å². The molecule has 29 heavy (non-hydrogen) atoms. The molecule has 0 unspecified atom stereocenters. The maximum Gasteiger partial charge on any atom is 0.341 e. The first-order valence-electron chi connectivity index (χ1n) is 8.89. The largest absolute Gasteiger partial charge is 0.497 e. The first kappa shape index (κ1) is 20.8. The van der Waals surface area contributed by atoms with Crippen molar-refractivity contribution in [3.8, 4) is 5.75 Å². The van der Waals surface area contributed by atoms with Crippen LogP contribution >= 0.6 is 0 Å². The number of carbonyl (C=O) groups excluding carboxylic acids is 2. The molecule has 0 saturated carbocycles. The summed E-state index contributed by atoms with van der Waals surface area (Å²) in [7, 11) is -0.475. The molecule has 0 aliphatic carbocycles. The second-order valence-electron chi connectivity index (χ2n) is 6.44. The van der Waals surface area contributed by atoms with Crippen molar-refractivity contribution >= 4 is 21.9 Å². The summed E-state index contributed by atoms with van der Waals surface area (Å²) in [6.45, 7) is 0.365. The number of hydrogen-bond donors (Lipinski definition) is 0. The summed E-state index contributed by atoms with van der Waals surface area (Å²) in [4.78, 5) is 25.8. The van der Waals surface area contributed by atoms with Gasteiger partial charge < -0.3 is 14.4 Å². The summed E-state index contributed by atoms with van der Waals surface area (Å²) in [5.41, 5.74) is 0.260. The second-order valence-corrected chi connectivity index (χ2v) is 8.38. The molecule has 156 valence electrons. The van der Waals surface area contributed by atoms with Gasteiger partial charge in [0, 0.05) is 39.4 Å². The number of benzene rings is 1. The molecule has 1 amide bonds. The van der Waals surface area contributed by atoms with Gasteiger partial charge in [0.15, 0.2) is 6.61 Å². The molecule has 2 heterocycles. The average molecular weight is 422 g/mol. The van der Waals surface area contributed by atoms with Gasteiger partial charge in [-0.15, -0.1) is 0 Å². The van der Waals surface area contributed by atoms with Crippen molar-refractivity contribution in [2.75, 3.05) is 39.9 Å². The molecule has 0 atom stereocenters. The number of piperazine rings is 1. The standard InChI is InChI=1S/C18H22N4O6S/c1-20-12-14(11-19-20)18(24)28-13-17(23)21-7-9-22(10-8-21)29(25,26)16-5-3-15(27-2)4-6-16/h3-6,11-12H,7-10,13H2,1-2H3. The molecule has 1 aliphatic heterocycles. The molecule has 1 fully saturated rings. The van der Waals surface area contributed by atoms with E-state index < -0.39 is 22.6 Å². The van der Waals surface area contributed by atoms with Gasteiger partial charge in [0.05, 0.1) is 23.8 Å². The topological polar surface area (TPSA) is 111 Å². The number of sulfonamides is 1. The summed E-state index contributed by atoms with van der Waals surface area (Å²) in [6, 6.07) is 6.15. The lowest BCUT2D eigenvalue weighted by molar-refractivity contribution is -0.135. The number of rotatable bonds is 6. The van der Waals surface area contributed by atoms with E-state index in [1.807, 2.05) is 0 Å². The van der Waals surface area contributed by atoms with E-state index in [1.54, 1.807) is 19.2 Å². The average Bonchev–Trinajstić information content (AvgIpc) is 3.18. The van der Waals surface area contributed by atoms with Crippen molar-refractivity contribution in [2.24, 2.45) is 7.05 Å². The van der Waals surface area contributed by atoms with E-state index in [0.717, 1.165) is 0 Å². The Morgan fingerprint density at radius 2 is 1.76 bits per heavy atom. The van der Waals surface area contributed by atoms with E-state index >= 15 is 0 Å². The number of aromatic nitrogens is 2. The van der Waals surface area contributed by atoms with Crippen LogP contribution in [0, 0.1) is 0 Å². The Labute approximate surface area is 168 Å². The molecule has 1 aromatic carbocycles. The lowest BCUT2D eigenvalue weighted by atomic mass is 10.3. The van der Waals surface area contributed by atoms with Crippen molar-refractivity contribution in [1.82, 2.24) is 19.0 Å². The molecule has 1 saturated heterocycles. The Hall–Kier alpha value is -2.92. The van der Waals surface area contributed by atoms with Crippen LogP contribution in [-0.4, -0.2) is 79.2 Å². The molecule has 11 heteroatoms. The zero-order valence-electron chi connectivity index (χ0n) is 16.1. The summed E-state index contributed by atoms with van der Waals surface area (Å²) in [6.07, 6.45) is 2.85. The minimum Gasteiger partial charge on any atom is -0.497 e. The Bertz CT molecular complexity index is 978. The maximum absolute atomic E-state index is 12.7. The molecular weight excluding hydrogens is 400 g/mol. The Morgan fingerprint density at radius 1 is 1.10 bits per heavy atom. The van der Waals surface area contributed by atoms with Crippen LogP contribution in [0.15, 0.2) is 41.6 Å². The van der Waals surface area contributed by atoms with Crippen LogP contribution in [-0.2, 0) is 26.6 Å². The van der Waals surface area contributed by atoms with Gasteiger partial charge in [-0.05, 0) is 24.3 Å². The second kappa shape index (κ2) is 8.62. The Balaban J connectivity index is 1.52. The van der Waals surface area contributed by atoms with E-state index in [2.05, 4.69) is 5.10 Å². The highest BCUT2D eigenvalue weighted by Crippen LogP contribution is 2.20. The molecule has 3 rings (SSSR count). The fourth-order valence-electron chi connectivity index (χ4n) is 2.90. The van der Waals surface area contributed by atoms with Crippen molar-refractivity contribution in [3.05, 3.63) is 42.2 Å². The lowest BCUT2D eigenvalue weighted by Gasteiger charge is -2.33. The maximum atomic E-state index is 12.7. The van der Waals surface area contributed by atoms with Crippen molar-refractivity contribution in [1.29, 1.82) is 0 Å². The number of esters is 1. The number of ether oxygens (including phenoxy) is 2. The van der Waals surface area contributed by atoms with Gasteiger partial charge in [-0.3, -0.25) is 9.48 Å².